The van der Waals surface area contributed by atoms with E-state index in [4.69, 9.17) is 0 Å². The zero-order valence-electron chi connectivity index (χ0n) is 14.8. The van der Waals surface area contributed by atoms with Crippen molar-refractivity contribution in [1.29, 1.82) is 0 Å². The zero-order chi connectivity index (χ0) is 19.4. The number of alkyl halides is 3. The van der Waals surface area contributed by atoms with Gasteiger partial charge in [-0.3, -0.25) is 4.79 Å². The third kappa shape index (κ3) is 6.06. The molecule has 27 heavy (non-hydrogen) atoms. The summed E-state index contributed by atoms with van der Waals surface area (Å²) in [5.41, 5.74) is -1.00. The van der Waals surface area contributed by atoms with Crippen LogP contribution in [0.5, 0.6) is 0 Å². The number of sulfonamides is 1. The molecule has 1 aliphatic rings. The average Bonchev–Trinajstić information content (AvgIpc) is 2.61. The van der Waals surface area contributed by atoms with Gasteiger partial charge in [-0.2, -0.15) is 17.5 Å². The van der Waals surface area contributed by atoms with Crippen molar-refractivity contribution in [2.45, 2.75) is 23.9 Å². The molecule has 0 atom stereocenters. The first-order valence-electron chi connectivity index (χ1n) is 8.26. The van der Waals surface area contributed by atoms with Gasteiger partial charge in [0.15, 0.2) is 0 Å². The number of nitrogens with one attached hydrogen (secondary N) is 2. The van der Waals surface area contributed by atoms with E-state index in [1.807, 2.05) is 0 Å². The van der Waals surface area contributed by atoms with Crippen molar-refractivity contribution in [3.05, 3.63) is 29.8 Å². The predicted octanol–water partition coefficient (Wildman–Crippen LogP) is 1.86. The van der Waals surface area contributed by atoms with Crippen LogP contribution in [0, 0.1) is 5.92 Å². The van der Waals surface area contributed by atoms with Gasteiger partial charge in [-0.1, -0.05) is 6.07 Å². The molecule has 0 aliphatic carbocycles. The smallest absolute Gasteiger partial charge is 0.355 e. The molecule has 2 N–H and O–H groups in total. The maximum Gasteiger partial charge on any atom is 0.416 e. The molecule has 11 heteroatoms. The summed E-state index contributed by atoms with van der Waals surface area (Å²) in [6, 6.07) is 3.71. The van der Waals surface area contributed by atoms with Crippen LogP contribution in [0.15, 0.2) is 29.2 Å². The van der Waals surface area contributed by atoms with Crippen molar-refractivity contribution < 1.29 is 26.4 Å². The minimum Gasteiger partial charge on any atom is -0.355 e. The number of hydrogen-bond donors (Lipinski definition) is 2. The Morgan fingerprint density at radius 1 is 1.22 bits per heavy atom. The van der Waals surface area contributed by atoms with Gasteiger partial charge in [0.2, 0.25) is 15.9 Å². The molecule has 0 spiro atoms. The van der Waals surface area contributed by atoms with E-state index in [0.717, 1.165) is 22.5 Å². The first-order valence-corrected chi connectivity index (χ1v) is 9.70. The normalized spacial score (nSPS) is 16.6. The van der Waals surface area contributed by atoms with Gasteiger partial charge in [-0.25, -0.2) is 8.42 Å². The van der Waals surface area contributed by atoms with E-state index < -0.39 is 21.8 Å². The fraction of sp³-hybridized carbons (Fsp3) is 0.562. The lowest BCUT2D eigenvalue weighted by atomic mass is 9.97. The molecule has 1 heterocycles. The van der Waals surface area contributed by atoms with Gasteiger partial charge in [0.25, 0.3) is 0 Å². The number of hydrogen-bond acceptors (Lipinski definition) is 4. The van der Waals surface area contributed by atoms with Gasteiger partial charge < -0.3 is 10.6 Å². The topological polar surface area (TPSA) is 78.5 Å². The number of likely N-dealkylation sites (N-methyl/N-ethyl adjacent to an activating group) is 1. The Morgan fingerprint density at radius 2 is 1.85 bits per heavy atom. The van der Waals surface area contributed by atoms with E-state index in [1.54, 1.807) is 7.05 Å². The van der Waals surface area contributed by atoms with Crippen molar-refractivity contribution >= 4 is 28.3 Å². The monoisotopic (exact) mass is 429 g/mol. The summed E-state index contributed by atoms with van der Waals surface area (Å²) in [6.07, 6.45) is -3.93. The van der Waals surface area contributed by atoms with Crippen molar-refractivity contribution in [2.24, 2.45) is 5.92 Å². The van der Waals surface area contributed by atoms with Gasteiger partial charge in [0, 0.05) is 32.1 Å². The van der Waals surface area contributed by atoms with Crippen LogP contribution in [0.4, 0.5) is 13.2 Å². The van der Waals surface area contributed by atoms with E-state index in [-0.39, 0.29) is 42.2 Å². The Bertz CT molecular complexity index is 736. The molecule has 0 radical (unpaired) electrons. The second-order valence-electron chi connectivity index (χ2n) is 6.10. The lowest BCUT2D eigenvalue weighted by Crippen LogP contribution is -2.43. The van der Waals surface area contributed by atoms with E-state index in [2.05, 4.69) is 10.6 Å². The molecule has 1 amide bonds. The summed E-state index contributed by atoms with van der Waals surface area (Å²) in [5.74, 6) is -0.420. The standard InChI is InChI=1S/C16H22F3N3O3S.ClH/c1-20-7-8-21-15(23)12-5-9-22(10-6-12)26(24,25)14-4-2-3-13(11-14)16(17,18)19;/h2-4,11-12,20H,5-10H2,1H3,(H,21,23);1H. The summed E-state index contributed by atoms with van der Waals surface area (Å²) in [7, 11) is -2.26. The van der Waals surface area contributed by atoms with E-state index >= 15 is 0 Å². The number of carbonyl (C=O) groups excluding carboxylic acids is 1. The first kappa shape index (κ1) is 23.7. The van der Waals surface area contributed by atoms with Crippen LogP contribution < -0.4 is 10.6 Å². The van der Waals surface area contributed by atoms with Crippen molar-refractivity contribution in [3.63, 3.8) is 0 Å². The maximum absolute atomic E-state index is 12.8. The third-order valence-electron chi connectivity index (χ3n) is 4.30. The Kier molecular flexibility index (Phi) is 8.52. The van der Waals surface area contributed by atoms with Crippen molar-refractivity contribution in [3.8, 4) is 0 Å². The van der Waals surface area contributed by atoms with Crippen LogP contribution in [-0.4, -0.2) is 51.9 Å². The average molecular weight is 430 g/mol. The van der Waals surface area contributed by atoms with Crippen LogP contribution in [0.3, 0.4) is 0 Å². The number of piperidine rings is 1. The minimum atomic E-state index is -4.61. The molecule has 0 unspecified atom stereocenters. The van der Waals surface area contributed by atoms with Gasteiger partial charge in [-0.05, 0) is 38.1 Å². The van der Waals surface area contributed by atoms with Gasteiger partial charge in [-0.15, -0.1) is 12.4 Å². The summed E-state index contributed by atoms with van der Waals surface area (Å²) >= 11 is 0. The lowest BCUT2D eigenvalue weighted by molar-refractivity contribution is -0.137. The molecule has 0 saturated carbocycles. The van der Waals surface area contributed by atoms with Crippen molar-refractivity contribution in [1.82, 2.24) is 14.9 Å². The molecule has 1 saturated heterocycles. The highest BCUT2D eigenvalue weighted by Gasteiger charge is 2.35. The second kappa shape index (κ2) is 9.72. The van der Waals surface area contributed by atoms with Crippen LogP contribution in [0.25, 0.3) is 0 Å². The number of amides is 1. The second-order valence-corrected chi connectivity index (χ2v) is 8.04. The summed E-state index contributed by atoms with van der Waals surface area (Å²) in [4.78, 5) is 11.6. The number of rotatable bonds is 6. The number of nitrogens with zero attached hydrogens (tertiary/aromatic N) is 1. The number of halogens is 4. The molecule has 1 fully saturated rings. The highest BCUT2D eigenvalue weighted by molar-refractivity contribution is 7.89. The highest BCUT2D eigenvalue weighted by Crippen LogP contribution is 2.32. The van der Waals surface area contributed by atoms with Crippen LogP contribution >= 0.6 is 12.4 Å². The summed E-state index contributed by atoms with van der Waals surface area (Å²) in [6.45, 7) is 1.32. The summed E-state index contributed by atoms with van der Waals surface area (Å²) in [5, 5.41) is 5.67. The summed E-state index contributed by atoms with van der Waals surface area (Å²) < 4.78 is 64.8. The molecule has 1 aliphatic heterocycles. The SMILES string of the molecule is CNCCNC(=O)C1CCN(S(=O)(=O)c2cccc(C(F)(F)F)c2)CC1.Cl. The van der Waals surface area contributed by atoms with Gasteiger partial charge >= 0.3 is 6.18 Å². The third-order valence-corrected chi connectivity index (χ3v) is 6.19. The molecule has 1 aromatic carbocycles. The first-order chi connectivity index (χ1) is 12.2. The Hall–Kier alpha value is -1.36. The van der Waals surface area contributed by atoms with Gasteiger partial charge in [0.05, 0.1) is 10.5 Å². The fourth-order valence-corrected chi connectivity index (χ4v) is 4.31. The molecule has 1 aromatic rings. The van der Waals surface area contributed by atoms with Crippen molar-refractivity contribution in [2.75, 3.05) is 33.2 Å². The zero-order valence-corrected chi connectivity index (χ0v) is 16.4. The van der Waals surface area contributed by atoms with E-state index in [0.29, 0.717) is 32.0 Å². The molecule has 0 aromatic heterocycles. The highest BCUT2D eigenvalue weighted by atomic mass is 35.5. The predicted molar refractivity (Wildman–Crippen MR) is 97.1 cm³/mol. The van der Waals surface area contributed by atoms with Crippen LogP contribution in [-0.2, 0) is 21.0 Å². The Labute approximate surface area is 163 Å². The maximum atomic E-state index is 12.8. The molecule has 6 nitrogen and oxygen atoms in total. The number of carbonyl (C=O) groups is 1. The molecule has 0 bridgehead atoms. The largest absolute Gasteiger partial charge is 0.416 e. The quantitative estimate of drug-likeness (QED) is 0.677. The van der Waals surface area contributed by atoms with Gasteiger partial charge in [0.1, 0.15) is 0 Å². The minimum absolute atomic E-state index is 0. The van der Waals surface area contributed by atoms with Crippen LogP contribution in [0.1, 0.15) is 18.4 Å². The Balaban J connectivity index is 0.00000364. The molecular formula is C16H23ClF3N3O3S. The molecular weight excluding hydrogens is 407 g/mol. The number of benzene rings is 1. The van der Waals surface area contributed by atoms with Crippen LogP contribution in [0.2, 0.25) is 0 Å². The Morgan fingerprint density at radius 3 is 2.41 bits per heavy atom. The lowest BCUT2D eigenvalue weighted by Gasteiger charge is -2.30. The van der Waals surface area contributed by atoms with E-state index in [9.17, 15) is 26.4 Å². The molecule has 2 rings (SSSR count). The van der Waals surface area contributed by atoms with E-state index in [1.165, 1.54) is 0 Å². The fourth-order valence-electron chi connectivity index (χ4n) is 2.80. The molecule has 154 valence electrons.